The number of H-pyrrole nitrogens is 1. The molecule has 3 N–H and O–H groups in total. The zero-order valence-corrected chi connectivity index (χ0v) is 14.4. The Hall–Kier alpha value is -2.66. The van der Waals surface area contributed by atoms with Crippen LogP contribution in [0.3, 0.4) is 0 Å². The lowest BCUT2D eigenvalue weighted by atomic mass is 10.1. The quantitative estimate of drug-likeness (QED) is 0.422. The molecule has 0 saturated heterocycles. The molecule has 0 fully saturated rings. The van der Waals surface area contributed by atoms with E-state index < -0.39 is 0 Å². The van der Waals surface area contributed by atoms with Gasteiger partial charge >= 0.3 is 0 Å². The van der Waals surface area contributed by atoms with Gasteiger partial charge in [-0.3, -0.25) is 0 Å². The molecule has 24 heavy (non-hydrogen) atoms. The average molecular weight is 334 g/mol. The third kappa shape index (κ3) is 2.47. The number of hydrogen-bond acceptors (Lipinski definition) is 4. The van der Waals surface area contributed by atoms with Crippen LogP contribution in [0.15, 0.2) is 54.7 Å². The smallest absolute Gasteiger partial charge is 0.138 e. The van der Waals surface area contributed by atoms with Crippen LogP contribution in [-0.4, -0.2) is 23.3 Å². The summed E-state index contributed by atoms with van der Waals surface area (Å²) in [6.45, 7) is 0. The summed E-state index contributed by atoms with van der Waals surface area (Å²) in [6.07, 6.45) is 3.98. The van der Waals surface area contributed by atoms with Crippen LogP contribution in [0.4, 0.5) is 11.4 Å². The fourth-order valence-electron chi connectivity index (χ4n) is 2.92. The highest BCUT2D eigenvalue weighted by molar-refractivity contribution is 7.99. The molecule has 0 amide bonds. The highest BCUT2D eigenvalue weighted by Gasteiger charge is 2.08. The van der Waals surface area contributed by atoms with Crippen LogP contribution in [0.1, 0.15) is 0 Å². The van der Waals surface area contributed by atoms with E-state index in [0.717, 1.165) is 38.8 Å². The van der Waals surface area contributed by atoms with Crippen molar-refractivity contribution in [2.24, 2.45) is 0 Å². The molecule has 120 valence electrons. The van der Waals surface area contributed by atoms with Crippen LogP contribution in [0.25, 0.3) is 33.1 Å². The molecule has 0 unspecified atom stereocenters. The molecular formula is C19H18N4S. The maximum absolute atomic E-state index is 5.94. The maximum Gasteiger partial charge on any atom is 0.138 e. The second-order valence-corrected chi connectivity index (χ2v) is 6.69. The number of fused-ring (bicyclic) bond motifs is 3. The van der Waals surface area contributed by atoms with Crippen molar-refractivity contribution in [3.63, 3.8) is 0 Å². The highest BCUT2D eigenvalue weighted by Crippen LogP contribution is 2.30. The molecule has 0 aliphatic heterocycles. The van der Waals surface area contributed by atoms with Crippen LogP contribution < -0.4 is 10.0 Å². The van der Waals surface area contributed by atoms with Crippen molar-refractivity contribution in [2.45, 2.75) is 0 Å². The van der Waals surface area contributed by atoms with Gasteiger partial charge < -0.3 is 15.0 Å². The van der Waals surface area contributed by atoms with E-state index in [4.69, 9.17) is 5.73 Å². The first kappa shape index (κ1) is 14.9. The van der Waals surface area contributed by atoms with Crippen LogP contribution in [-0.2, 0) is 0 Å². The zero-order chi connectivity index (χ0) is 16.7. The lowest BCUT2D eigenvalue weighted by Gasteiger charge is -2.15. The van der Waals surface area contributed by atoms with Gasteiger partial charge in [0, 0.05) is 52.7 Å². The van der Waals surface area contributed by atoms with Gasteiger partial charge in [0.15, 0.2) is 0 Å². The number of pyridine rings is 1. The molecule has 0 spiro atoms. The van der Waals surface area contributed by atoms with Gasteiger partial charge in [0.1, 0.15) is 5.65 Å². The second-order valence-electron chi connectivity index (χ2n) is 5.78. The molecule has 0 aliphatic rings. The monoisotopic (exact) mass is 334 g/mol. The fraction of sp³-hybridized carbons (Fsp3) is 0.105. The Morgan fingerprint density at radius 3 is 2.54 bits per heavy atom. The van der Waals surface area contributed by atoms with Crippen molar-refractivity contribution in [1.82, 2.24) is 9.97 Å². The molecule has 4 aromatic rings. The van der Waals surface area contributed by atoms with Gasteiger partial charge in [0.2, 0.25) is 0 Å². The van der Waals surface area contributed by atoms with Crippen LogP contribution in [0.2, 0.25) is 0 Å². The predicted molar refractivity (Wildman–Crippen MR) is 105 cm³/mol. The van der Waals surface area contributed by atoms with E-state index in [-0.39, 0.29) is 0 Å². The molecule has 4 nitrogen and oxygen atoms in total. The molecule has 0 saturated carbocycles. The number of nitrogens with two attached hydrogens (primary N) is 1. The standard InChI is InChI=1S/C19H18N4S/c1-23(24-2)15-6-3-12(4-7-15)13-9-17-16-10-14(20)5-8-18(16)22-19(17)21-11-13/h3-11H,20H2,1-2H3,(H,21,22). The molecule has 0 bridgehead atoms. The van der Waals surface area contributed by atoms with Gasteiger partial charge in [0.05, 0.1) is 0 Å². The number of benzene rings is 2. The first-order chi connectivity index (χ1) is 11.7. The van der Waals surface area contributed by atoms with Gasteiger partial charge in [-0.25, -0.2) is 4.98 Å². The van der Waals surface area contributed by atoms with E-state index >= 15 is 0 Å². The van der Waals surface area contributed by atoms with E-state index in [9.17, 15) is 0 Å². The summed E-state index contributed by atoms with van der Waals surface area (Å²) in [5.41, 5.74) is 12.1. The summed E-state index contributed by atoms with van der Waals surface area (Å²) in [7, 11) is 2.06. The number of hydrogen-bond donors (Lipinski definition) is 2. The summed E-state index contributed by atoms with van der Waals surface area (Å²) in [4.78, 5) is 7.93. The van der Waals surface area contributed by atoms with Gasteiger partial charge in [0.25, 0.3) is 0 Å². The fourth-order valence-corrected chi connectivity index (χ4v) is 3.25. The summed E-state index contributed by atoms with van der Waals surface area (Å²) in [6, 6.07) is 16.6. The summed E-state index contributed by atoms with van der Waals surface area (Å²) < 4.78 is 2.13. The largest absolute Gasteiger partial charge is 0.399 e. The predicted octanol–water partition coefficient (Wildman–Crippen LogP) is 4.68. The molecule has 0 atom stereocenters. The second kappa shape index (κ2) is 5.76. The molecule has 4 rings (SSSR count). The van der Waals surface area contributed by atoms with Gasteiger partial charge in [-0.1, -0.05) is 24.1 Å². The number of anilines is 2. The van der Waals surface area contributed by atoms with Gasteiger partial charge in [-0.05, 0) is 42.0 Å². The first-order valence-electron chi connectivity index (χ1n) is 7.71. The zero-order valence-electron chi connectivity index (χ0n) is 13.6. The Bertz CT molecular complexity index is 1020. The summed E-state index contributed by atoms with van der Waals surface area (Å²) >= 11 is 1.69. The molecule has 2 heterocycles. The lowest BCUT2D eigenvalue weighted by molar-refractivity contribution is 1.34. The Morgan fingerprint density at radius 1 is 1.00 bits per heavy atom. The van der Waals surface area contributed by atoms with Crippen molar-refractivity contribution in [1.29, 1.82) is 0 Å². The highest BCUT2D eigenvalue weighted by atomic mass is 32.2. The minimum Gasteiger partial charge on any atom is -0.399 e. The van der Waals surface area contributed by atoms with Crippen LogP contribution in [0.5, 0.6) is 0 Å². The van der Waals surface area contributed by atoms with Crippen molar-refractivity contribution in [3.05, 3.63) is 54.7 Å². The molecule has 5 heteroatoms. The van der Waals surface area contributed by atoms with Crippen molar-refractivity contribution >= 4 is 45.3 Å². The molecule has 2 aromatic heterocycles. The van der Waals surface area contributed by atoms with E-state index in [1.807, 2.05) is 24.4 Å². The van der Waals surface area contributed by atoms with Gasteiger partial charge in [-0.15, -0.1) is 0 Å². The normalized spacial score (nSPS) is 11.2. The van der Waals surface area contributed by atoms with Gasteiger partial charge in [-0.2, -0.15) is 0 Å². The minimum absolute atomic E-state index is 0.762. The number of aromatic nitrogens is 2. The number of rotatable bonds is 3. The Kier molecular flexibility index (Phi) is 3.58. The van der Waals surface area contributed by atoms with Crippen LogP contribution in [0, 0.1) is 0 Å². The topological polar surface area (TPSA) is 57.9 Å². The van der Waals surface area contributed by atoms with Crippen molar-refractivity contribution in [3.8, 4) is 11.1 Å². The Morgan fingerprint density at radius 2 is 1.79 bits per heavy atom. The SMILES string of the molecule is CSN(C)c1ccc(-c2cnc3[nH]c4ccc(N)cc4c3c2)cc1. The summed E-state index contributed by atoms with van der Waals surface area (Å²) in [5, 5.41) is 2.21. The average Bonchev–Trinajstić information content (AvgIpc) is 2.98. The van der Waals surface area contributed by atoms with E-state index in [1.54, 1.807) is 11.9 Å². The van der Waals surface area contributed by atoms with E-state index in [0.29, 0.717) is 0 Å². The number of nitrogens with one attached hydrogen (secondary N) is 1. The minimum atomic E-state index is 0.762. The third-order valence-electron chi connectivity index (χ3n) is 4.31. The molecular weight excluding hydrogens is 316 g/mol. The number of nitrogen functional groups attached to an aromatic ring is 1. The first-order valence-corrected chi connectivity index (χ1v) is 8.89. The Labute approximate surface area is 144 Å². The van der Waals surface area contributed by atoms with E-state index in [1.165, 1.54) is 5.69 Å². The van der Waals surface area contributed by atoms with Crippen LogP contribution >= 0.6 is 11.9 Å². The maximum atomic E-state index is 5.94. The molecule has 0 aliphatic carbocycles. The Balaban J connectivity index is 1.82. The molecule has 0 radical (unpaired) electrons. The van der Waals surface area contributed by atoms with Crippen molar-refractivity contribution in [2.75, 3.05) is 23.3 Å². The third-order valence-corrected chi connectivity index (χ3v) is 5.07. The van der Waals surface area contributed by atoms with E-state index in [2.05, 4.69) is 57.9 Å². The summed E-state index contributed by atoms with van der Waals surface area (Å²) in [5.74, 6) is 0. The number of nitrogens with zero attached hydrogens (tertiary/aromatic N) is 2. The molecule has 2 aromatic carbocycles. The number of aromatic amines is 1. The lowest BCUT2D eigenvalue weighted by Crippen LogP contribution is -2.04. The van der Waals surface area contributed by atoms with Crippen molar-refractivity contribution < 1.29 is 0 Å².